The first-order chi connectivity index (χ1) is 9.20. The lowest BCUT2D eigenvalue weighted by molar-refractivity contribution is -0.0173. The summed E-state index contributed by atoms with van der Waals surface area (Å²) in [4.78, 5) is 2.32. The minimum atomic E-state index is 0.337. The van der Waals surface area contributed by atoms with Crippen molar-refractivity contribution in [2.75, 3.05) is 26.1 Å². The number of hydrogen-bond donors (Lipinski definition) is 1. The third-order valence-electron chi connectivity index (χ3n) is 3.39. The molecular formula is C15H24N2O2. The molecule has 106 valence electrons. The van der Waals surface area contributed by atoms with Gasteiger partial charge in [-0.2, -0.15) is 0 Å². The van der Waals surface area contributed by atoms with Crippen molar-refractivity contribution in [1.29, 1.82) is 0 Å². The zero-order valence-corrected chi connectivity index (χ0v) is 11.9. The molecule has 0 fully saturated rings. The predicted molar refractivity (Wildman–Crippen MR) is 77.0 cm³/mol. The molecule has 1 aromatic carbocycles. The van der Waals surface area contributed by atoms with Gasteiger partial charge in [0.1, 0.15) is 5.75 Å². The summed E-state index contributed by atoms with van der Waals surface area (Å²) in [6, 6.07) is 3.95. The molecule has 0 amide bonds. The first-order valence-electron chi connectivity index (χ1n) is 7.01. The number of nitrogens with two attached hydrogens (primary N) is 1. The Morgan fingerprint density at radius 3 is 2.95 bits per heavy atom. The number of fused-ring (bicyclic) bond motifs is 1. The van der Waals surface area contributed by atoms with Gasteiger partial charge in [-0.05, 0) is 32.1 Å². The second kappa shape index (κ2) is 6.78. The predicted octanol–water partition coefficient (Wildman–Crippen LogP) is 2.76. The van der Waals surface area contributed by atoms with Gasteiger partial charge in [-0.1, -0.05) is 19.8 Å². The third kappa shape index (κ3) is 3.85. The summed E-state index contributed by atoms with van der Waals surface area (Å²) in [5, 5.41) is 0. The van der Waals surface area contributed by atoms with Crippen molar-refractivity contribution in [3.63, 3.8) is 0 Å². The third-order valence-corrected chi connectivity index (χ3v) is 3.39. The highest BCUT2D eigenvalue weighted by molar-refractivity contribution is 5.53. The van der Waals surface area contributed by atoms with E-state index in [0.29, 0.717) is 13.4 Å². The molecule has 0 aromatic heterocycles. The van der Waals surface area contributed by atoms with Crippen molar-refractivity contribution in [3.8, 4) is 5.75 Å². The average molecular weight is 264 g/mol. The molecule has 4 heteroatoms. The summed E-state index contributed by atoms with van der Waals surface area (Å²) in [6.07, 6.45) is 3.77. The lowest BCUT2D eigenvalue weighted by Gasteiger charge is -2.24. The molecule has 1 aliphatic rings. The molecule has 1 aromatic rings. The highest BCUT2D eigenvalue weighted by atomic mass is 16.7. The summed E-state index contributed by atoms with van der Waals surface area (Å²) in [5.41, 5.74) is 8.96. The van der Waals surface area contributed by atoms with Crippen LogP contribution in [0.25, 0.3) is 0 Å². The quantitative estimate of drug-likeness (QED) is 0.634. The molecule has 2 N–H and O–H groups in total. The fourth-order valence-electron chi connectivity index (χ4n) is 2.45. The normalized spacial score (nSPS) is 14.3. The number of ether oxygens (including phenoxy) is 2. The second-order valence-electron chi connectivity index (χ2n) is 5.22. The smallest absolute Gasteiger partial charge is 0.189 e. The van der Waals surface area contributed by atoms with Gasteiger partial charge in [0.05, 0.1) is 6.61 Å². The van der Waals surface area contributed by atoms with E-state index in [1.807, 2.05) is 12.1 Å². The number of rotatable bonds is 6. The molecule has 0 unspecified atom stereocenters. The van der Waals surface area contributed by atoms with Gasteiger partial charge >= 0.3 is 0 Å². The van der Waals surface area contributed by atoms with E-state index in [-0.39, 0.29) is 0 Å². The summed E-state index contributed by atoms with van der Waals surface area (Å²) in [5.74, 6) is 0.961. The van der Waals surface area contributed by atoms with E-state index in [1.54, 1.807) is 0 Å². The summed E-state index contributed by atoms with van der Waals surface area (Å²) < 4.78 is 10.9. The average Bonchev–Trinajstić information content (AvgIpc) is 2.39. The molecule has 0 atom stereocenters. The first kappa shape index (κ1) is 14.2. The van der Waals surface area contributed by atoms with Gasteiger partial charge in [-0.15, -0.1) is 0 Å². The highest BCUT2D eigenvalue weighted by Crippen LogP contribution is 2.31. The Bertz CT molecular complexity index is 421. The fraction of sp³-hybridized carbons (Fsp3) is 0.600. The lowest BCUT2D eigenvalue weighted by atomic mass is 10.1. The Labute approximate surface area is 115 Å². The van der Waals surface area contributed by atoms with E-state index in [1.165, 1.54) is 19.3 Å². The van der Waals surface area contributed by atoms with Crippen molar-refractivity contribution < 1.29 is 9.47 Å². The van der Waals surface area contributed by atoms with Crippen LogP contribution in [0.4, 0.5) is 5.69 Å². The van der Waals surface area contributed by atoms with Gasteiger partial charge in [0.15, 0.2) is 6.79 Å². The van der Waals surface area contributed by atoms with Crippen molar-refractivity contribution in [3.05, 3.63) is 23.3 Å². The van der Waals surface area contributed by atoms with Crippen LogP contribution < -0.4 is 10.5 Å². The van der Waals surface area contributed by atoms with E-state index in [0.717, 1.165) is 35.7 Å². The van der Waals surface area contributed by atoms with E-state index >= 15 is 0 Å². The molecule has 0 saturated carbocycles. The Morgan fingerprint density at radius 2 is 2.16 bits per heavy atom. The standard InChI is InChI=1S/C15H24N2O2/c1-3-4-5-6-17(2)9-12-7-14(16)8-13-10-18-11-19-15(12)13/h7-8H,3-6,9-11,16H2,1-2H3. The Hall–Kier alpha value is -1.26. The monoisotopic (exact) mass is 264 g/mol. The van der Waals surface area contributed by atoms with Gasteiger partial charge in [0, 0.05) is 23.4 Å². The van der Waals surface area contributed by atoms with Gasteiger partial charge in [0.25, 0.3) is 0 Å². The van der Waals surface area contributed by atoms with E-state index in [9.17, 15) is 0 Å². The summed E-state index contributed by atoms with van der Waals surface area (Å²) in [6.45, 7) is 5.13. The zero-order valence-electron chi connectivity index (χ0n) is 11.9. The molecule has 4 nitrogen and oxygen atoms in total. The fourth-order valence-corrected chi connectivity index (χ4v) is 2.45. The summed E-state index contributed by atoms with van der Waals surface area (Å²) >= 11 is 0. The number of benzene rings is 1. The lowest BCUT2D eigenvalue weighted by Crippen LogP contribution is -2.21. The number of nitrogens with zero attached hydrogens (tertiary/aromatic N) is 1. The highest BCUT2D eigenvalue weighted by Gasteiger charge is 2.16. The first-order valence-corrected chi connectivity index (χ1v) is 7.01. The second-order valence-corrected chi connectivity index (χ2v) is 5.22. The topological polar surface area (TPSA) is 47.7 Å². The van der Waals surface area contributed by atoms with Crippen LogP contribution in [0, 0.1) is 0 Å². The maximum atomic E-state index is 5.95. The van der Waals surface area contributed by atoms with E-state index in [4.69, 9.17) is 15.2 Å². The van der Waals surface area contributed by atoms with Crippen molar-refractivity contribution >= 4 is 5.69 Å². The molecular weight excluding hydrogens is 240 g/mol. The molecule has 2 rings (SSSR count). The minimum Gasteiger partial charge on any atom is -0.467 e. The van der Waals surface area contributed by atoms with Gasteiger partial charge in [0.2, 0.25) is 0 Å². The SMILES string of the molecule is CCCCCN(C)Cc1cc(N)cc2c1OCOC2. The van der Waals surface area contributed by atoms with Crippen molar-refractivity contribution in [1.82, 2.24) is 4.90 Å². The van der Waals surface area contributed by atoms with Crippen LogP contribution in [0.1, 0.15) is 37.3 Å². The Kier molecular flexibility index (Phi) is 5.05. The Balaban J connectivity index is 2.04. The van der Waals surface area contributed by atoms with Gasteiger partial charge in [-0.25, -0.2) is 0 Å². The van der Waals surface area contributed by atoms with Crippen LogP contribution in [0.15, 0.2) is 12.1 Å². The zero-order chi connectivity index (χ0) is 13.7. The number of hydrogen-bond acceptors (Lipinski definition) is 4. The molecule has 0 saturated heterocycles. The minimum absolute atomic E-state index is 0.337. The van der Waals surface area contributed by atoms with Crippen LogP contribution in [0.3, 0.4) is 0 Å². The number of unbranched alkanes of at least 4 members (excludes halogenated alkanes) is 2. The summed E-state index contributed by atoms with van der Waals surface area (Å²) in [7, 11) is 2.14. The van der Waals surface area contributed by atoms with Crippen LogP contribution in [-0.2, 0) is 17.9 Å². The van der Waals surface area contributed by atoms with Crippen molar-refractivity contribution in [2.24, 2.45) is 0 Å². The molecule has 1 aliphatic heterocycles. The van der Waals surface area contributed by atoms with Gasteiger partial charge < -0.3 is 20.1 Å². The molecule has 0 spiro atoms. The molecule has 1 heterocycles. The number of anilines is 1. The van der Waals surface area contributed by atoms with Crippen LogP contribution >= 0.6 is 0 Å². The van der Waals surface area contributed by atoms with Crippen LogP contribution in [0.2, 0.25) is 0 Å². The Morgan fingerprint density at radius 1 is 1.32 bits per heavy atom. The molecule has 19 heavy (non-hydrogen) atoms. The van der Waals surface area contributed by atoms with Crippen LogP contribution in [0.5, 0.6) is 5.75 Å². The largest absolute Gasteiger partial charge is 0.467 e. The van der Waals surface area contributed by atoms with Crippen molar-refractivity contribution in [2.45, 2.75) is 39.3 Å². The molecule has 0 radical (unpaired) electrons. The van der Waals surface area contributed by atoms with E-state index < -0.39 is 0 Å². The number of nitrogen functional groups attached to an aromatic ring is 1. The molecule has 0 aliphatic carbocycles. The molecule has 0 bridgehead atoms. The van der Waals surface area contributed by atoms with E-state index in [2.05, 4.69) is 18.9 Å². The van der Waals surface area contributed by atoms with Crippen LogP contribution in [-0.4, -0.2) is 25.3 Å². The van der Waals surface area contributed by atoms with Gasteiger partial charge in [-0.3, -0.25) is 0 Å². The maximum absolute atomic E-state index is 5.95. The maximum Gasteiger partial charge on any atom is 0.189 e.